The molecule has 0 fully saturated rings. The van der Waals surface area contributed by atoms with E-state index in [-0.39, 0.29) is 5.91 Å². The van der Waals surface area contributed by atoms with Crippen LogP contribution in [0.15, 0.2) is 34.6 Å². The van der Waals surface area contributed by atoms with Gasteiger partial charge in [-0.05, 0) is 56.4 Å². The number of aryl methyl sites for hydroxylation is 2. The molecule has 1 aromatic rings. The third-order valence-corrected chi connectivity index (χ3v) is 4.38. The summed E-state index contributed by atoms with van der Waals surface area (Å²) in [4.78, 5) is 14.6. The van der Waals surface area contributed by atoms with Gasteiger partial charge in [0, 0.05) is 19.8 Å². The van der Waals surface area contributed by atoms with Crippen LogP contribution in [0.25, 0.3) is 0 Å². The molecule has 2 aliphatic rings. The van der Waals surface area contributed by atoms with Crippen LogP contribution in [0, 0.1) is 0 Å². The van der Waals surface area contributed by atoms with Gasteiger partial charge in [0.25, 0.3) is 5.91 Å². The van der Waals surface area contributed by atoms with Crippen LogP contribution in [0.2, 0.25) is 0 Å². The number of hydrazone groups is 1. The molecular formula is C17H21N3O. The quantitative estimate of drug-likeness (QED) is 0.782. The van der Waals surface area contributed by atoms with Gasteiger partial charge >= 0.3 is 0 Å². The maximum Gasteiger partial charge on any atom is 0.282 e. The van der Waals surface area contributed by atoms with Crippen LogP contribution in [-0.2, 0) is 17.6 Å². The number of hydrogen-bond donors (Lipinski definition) is 0. The number of hydrogen-bond acceptors (Lipinski definition) is 3. The van der Waals surface area contributed by atoms with Crippen molar-refractivity contribution in [3.8, 4) is 0 Å². The molecular weight excluding hydrogens is 262 g/mol. The van der Waals surface area contributed by atoms with Gasteiger partial charge in [0.05, 0.1) is 17.0 Å². The van der Waals surface area contributed by atoms with Gasteiger partial charge in [-0.25, -0.2) is 0 Å². The summed E-state index contributed by atoms with van der Waals surface area (Å²) in [6.45, 7) is 3.85. The first-order chi connectivity index (χ1) is 9.99. The van der Waals surface area contributed by atoms with Crippen molar-refractivity contribution in [2.24, 2.45) is 5.10 Å². The highest BCUT2D eigenvalue weighted by molar-refractivity contribution is 6.30. The van der Waals surface area contributed by atoms with E-state index >= 15 is 0 Å². The first kappa shape index (κ1) is 13.9. The minimum Gasteiger partial charge on any atom is -0.380 e. The largest absolute Gasteiger partial charge is 0.380 e. The highest BCUT2D eigenvalue weighted by Gasteiger charge is 2.31. The lowest BCUT2D eigenvalue weighted by Crippen LogP contribution is -2.24. The summed E-state index contributed by atoms with van der Waals surface area (Å²) < 4.78 is 0. The molecule has 1 aliphatic heterocycles. The number of anilines is 1. The lowest BCUT2D eigenvalue weighted by Gasteiger charge is -2.17. The Morgan fingerprint density at radius 1 is 1.24 bits per heavy atom. The Labute approximate surface area is 125 Å². The van der Waals surface area contributed by atoms with E-state index in [2.05, 4.69) is 17.2 Å². The second kappa shape index (κ2) is 5.02. The van der Waals surface area contributed by atoms with Crippen molar-refractivity contribution in [2.75, 3.05) is 19.1 Å². The van der Waals surface area contributed by atoms with Gasteiger partial charge < -0.3 is 4.90 Å². The molecule has 0 N–H and O–H groups in total. The van der Waals surface area contributed by atoms with Crippen molar-refractivity contribution < 1.29 is 4.79 Å². The van der Waals surface area contributed by atoms with E-state index in [1.165, 1.54) is 22.6 Å². The molecule has 1 aliphatic carbocycles. The SMILES string of the molecule is CC1=NN(c2ccc3c(c2)CCC3)C(=O)/C1=C(/C)N(C)C. The normalized spacial score (nSPS) is 19.7. The number of amides is 1. The highest BCUT2D eigenvalue weighted by atomic mass is 16.2. The molecule has 21 heavy (non-hydrogen) atoms. The minimum absolute atomic E-state index is 0.0309. The minimum atomic E-state index is -0.0309. The zero-order chi connectivity index (χ0) is 15.1. The molecule has 0 saturated heterocycles. The van der Waals surface area contributed by atoms with E-state index < -0.39 is 0 Å². The van der Waals surface area contributed by atoms with Crippen LogP contribution < -0.4 is 5.01 Å². The van der Waals surface area contributed by atoms with Crippen LogP contribution in [0.4, 0.5) is 5.69 Å². The zero-order valence-electron chi connectivity index (χ0n) is 13.1. The van der Waals surface area contributed by atoms with Crippen molar-refractivity contribution >= 4 is 17.3 Å². The second-order valence-electron chi connectivity index (χ2n) is 5.96. The highest BCUT2D eigenvalue weighted by Crippen LogP contribution is 2.30. The Morgan fingerprint density at radius 3 is 2.67 bits per heavy atom. The molecule has 1 aromatic carbocycles. The molecule has 110 valence electrons. The fraction of sp³-hybridized carbons (Fsp3) is 0.412. The fourth-order valence-corrected chi connectivity index (χ4v) is 3.01. The Kier molecular flexibility index (Phi) is 3.32. The van der Waals surface area contributed by atoms with Crippen molar-refractivity contribution in [2.45, 2.75) is 33.1 Å². The summed E-state index contributed by atoms with van der Waals surface area (Å²) >= 11 is 0. The number of fused-ring (bicyclic) bond motifs is 1. The molecule has 0 radical (unpaired) electrons. The van der Waals surface area contributed by atoms with Crippen molar-refractivity contribution in [3.05, 3.63) is 40.6 Å². The van der Waals surface area contributed by atoms with E-state index in [1.54, 1.807) is 0 Å². The van der Waals surface area contributed by atoms with Crippen LogP contribution >= 0.6 is 0 Å². The lowest BCUT2D eigenvalue weighted by atomic mass is 10.1. The lowest BCUT2D eigenvalue weighted by molar-refractivity contribution is -0.114. The van der Waals surface area contributed by atoms with Gasteiger partial charge in [0.1, 0.15) is 0 Å². The van der Waals surface area contributed by atoms with Gasteiger partial charge in [-0.2, -0.15) is 10.1 Å². The van der Waals surface area contributed by atoms with E-state index in [9.17, 15) is 4.79 Å². The Hall–Kier alpha value is -2.10. The Morgan fingerprint density at radius 2 is 1.95 bits per heavy atom. The Balaban J connectivity index is 1.99. The van der Waals surface area contributed by atoms with Gasteiger partial charge in [0.15, 0.2) is 0 Å². The molecule has 0 saturated carbocycles. The van der Waals surface area contributed by atoms with Crippen molar-refractivity contribution in [1.82, 2.24) is 4.90 Å². The molecule has 0 atom stereocenters. The maximum atomic E-state index is 12.7. The molecule has 4 nitrogen and oxygen atoms in total. The number of allylic oxidation sites excluding steroid dienone is 1. The predicted molar refractivity (Wildman–Crippen MR) is 85.4 cm³/mol. The Bertz CT molecular complexity index is 671. The number of carbonyl (C=O) groups excluding carboxylic acids is 1. The average molecular weight is 283 g/mol. The fourth-order valence-electron chi connectivity index (χ4n) is 3.01. The summed E-state index contributed by atoms with van der Waals surface area (Å²) in [5.41, 5.74) is 6.08. The van der Waals surface area contributed by atoms with Gasteiger partial charge in [-0.3, -0.25) is 4.79 Å². The van der Waals surface area contributed by atoms with Gasteiger partial charge in [-0.1, -0.05) is 6.07 Å². The molecule has 1 heterocycles. The molecule has 0 spiro atoms. The summed E-state index contributed by atoms with van der Waals surface area (Å²) in [6, 6.07) is 6.26. The van der Waals surface area contributed by atoms with E-state index in [1.807, 2.05) is 38.9 Å². The second-order valence-corrected chi connectivity index (χ2v) is 5.96. The van der Waals surface area contributed by atoms with Crippen molar-refractivity contribution in [3.63, 3.8) is 0 Å². The van der Waals surface area contributed by atoms with E-state index in [0.29, 0.717) is 5.57 Å². The van der Waals surface area contributed by atoms with Gasteiger partial charge in [-0.15, -0.1) is 0 Å². The van der Waals surface area contributed by atoms with Crippen LogP contribution in [-0.4, -0.2) is 30.6 Å². The molecule has 0 bridgehead atoms. The van der Waals surface area contributed by atoms with E-state index in [4.69, 9.17) is 0 Å². The van der Waals surface area contributed by atoms with Crippen LogP contribution in [0.5, 0.6) is 0 Å². The third kappa shape index (κ3) is 2.24. The third-order valence-electron chi connectivity index (χ3n) is 4.38. The summed E-state index contributed by atoms with van der Waals surface area (Å²) in [5.74, 6) is -0.0309. The zero-order valence-corrected chi connectivity index (χ0v) is 13.1. The average Bonchev–Trinajstić information content (AvgIpc) is 3.01. The smallest absolute Gasteiger partial charge is 0.282 e. The first-order valence-electron chi connectivity index (χ1n) is 7.39. The van der Waals surface area contributed by atoms with Crippen LogP contribution in [0.1, 0.15) is 31.4 Å². The predicted octanol–water partition coefficient (Wildman–Crippen LogP) is 2.73. The van der Waals surface area contributed by atoms with E-state index in [0.717, 1.165) is 29.9 Å². The summed E-state index contributed by atoms with van der Waals surface area (Å²) in [5, 5.41) is 6.00. The topological polar surface area (TPSA) is 35.9 Å². The maximum absolute atomic E-state index is 12.7. The monoisotopic (exact) mass is 283 g/mol. The molecule has 4 heteroatoms. The molecule has 1 amide bonds. The number of rotatable bonds is 2. The standard InChI is InChI=1S/C17H21N3O/c1-11-16(12(2)19(3)4)17(21)20(18-11)15-9-8-13-6-5-7-14(13)10-15/h8-10H,5-7H2,1-4H3/b16-12-. The van der Waals surface area contributed by atoms with Crippen molar-refractivity contribution in [1.29, 1.82) is 0 Å². The molecule has 3 rings (SSSR count). The van der Waals surface area contributed by atoms with Crippen LogP contribution in [0.3, 0.4) is 0 Å². The number of nitrogens with zero attached hydrogens (tertiary/aromatic N) is 3. The number of carbonyl (C=O) groups is 1. The molecule has 0 aromatic heterocycles. The number of benzene rings is 1. The first-order valence-corrected chi connectivity index (χ1v) is 7.39. The summed E-state index contributed by atoms with van der Waals surface area (Å²) in [6.07, 6.45) is 3.46. The van der Waals surface area contributed by atoms with Gasteiger partial charge in [0.2, 0.25) is 0 Å². The molecule has 0 unspecified atom stereocenters. The summed E-state index contributed by atoms with van der Waals surface area (Å²) in [7, 11) is 3.89.